The summed E-state index contributed by atoms with van der Waals surface area (Å²) in [5.74, 6) is -0.104. The number of carbonyl (C=O) groups excluding carboxylic acids is 2. The first-order valence-corrected chi connectivity index (χ1v) is 11.1. The number of nitrogens with one attached hydrogen (secondary N) is 1. The summed E-state index contributed by atoms with van der Waals surface area (Å²) in [4.78, 5) is 40.8. The van der Waals surface area contributed by atoms with Crippen molar-refractivity contribution < 1.29 is 14.0 Å². The van der Waals surface area contributed by atoms with Crippen LogP contribution in [0.5, 0.6) is 0 Å². The van der Waals surface area contributed by atoms with Crippen LogP contribution in [0.25, 0.3) is 0 Å². The molecule has 1 fully saturated rings. The zero-order chi connectivity index (χ0) is 21.4. The Bertz CT molecular complexity index is 1070. The van der Waals surface area contributed by atoms with Gasteiger partial charge in [-0.2, -0.15) is 0 Å². The molecular formula is C24H27N3O4. The molecule has 2 aromatic heterocycles. The maximum atomic E-state index is 13.3. The Balaban J connectivity index is 1.43. The SMILES string of the molecule is O=C(NCC1=CCCCC1)[C@H]1[C@H]2C[C@H](CN(C(=O)c3ccco3)C2)c2cccc(=O)n21. The van der Waals surface area contributed by atoms with Crippen LogP contribution in [0.1, 0.15) is 60.3 Å². The Kier molecular flexibility index (Phi) is 5.26. The molecule has 2 amide bonds. The van der Waals surface area contributed by atoms with Crippen molar-refractivity contribution in [1.29, 1.82) is 0 Å². The van der Waals surface area contributed by atoms with Crippen LogP contribution >= 0.6 is 0 Å². The molecule has 2 bridgehead atoms. The number of nitrogens with zero attached hydrogens (tertiary/aromatic N) is 2. The molecule has 2 aliphatic heterocycles. The highest BCUT2D eigenvalue weighted by atomic mass is 16.3. The molecule has 1 saturated heterocycles. The Labute approximate surface area is 180 Å². The van der Waals surface area contributed by atoms with Gasteiger partial charge in [0, 0.05) is 43.2 Å². The van der Waals surface area contributed by atoms with Gasteiger partial charge >= 0.3 is 0 Å². The first-order chi connectivity index (χ1) is 15.1. The molecule has 0 aromatic carbocycles. The Morgan fingerprint density at radius 2 is 2.03 bits per heavy atom. The van der Waals surface area contributed by atoms with Crippen molar-refractivity contribution in [3.05, 3.63) is 70.1 Å². The summed E-state index contributed by atoms with van der Waals surface area (Å²) in [6.07, 6.45) is 8.91. The number of likely N-dealkylation sites (tertiary alicyclic amines) is 1. The normalized spacial score (nSPS) is 24.8. The molecule has 162 valence electrons. The number of aromatic nitrogens is 1. The molecule has 1 aliphatic carbocycles. The summed E-state index contributed by atoms with van der Waals surface area (Å²) in [7, 11) is 0. The maximum absolute atomic E-state index is 13.3. The quantitative estimate of drug-likeness (QED) is 0.770. The predicted molar refractivity (Wildman–Crippen MR) is 115 cm³/mol. The summed E-state index contributed by atoms with van der Waals surface area (Å²) < 4.78 is 6.97. The summed E-state index contributed by atoms with van der Waals surface area (Å²) in [5, 5.41) is 3.08. The number of hydrogen-bond donors (Lipinski definition) is 1. The summed E-state index contributed by atoms with van der Waals surface area (Å²) in [6, 6.07) is 7.91. The lowest BCUT2D eigenvalue weighted by molar-refractivity contribution is -0.127. The van der Waals surface area contributed by atoms with Gasteiger partial charge in [0.15, 0.2) is 5.76 Å². The molecule has 7 heteroatoms. The maximum Gasteiger partial charge on any atom is 0.289 e. The van der Waals surface area contributed by atoms with Gasteiger partial charge in [-0.05, 0) is 50.3 Å². The lowest BCUT2D eigenvalue weighted by Crippen LogP contribution is -2.54. The highest BCUT2D eigenvalue weighted by molar-refractivity contribution is 5.91. The van der Waals surface area contributed by atoms with Gasteiger partial charge in [0.05, 0.1) is 6.26 Å². The van der Waals surface area contributed by atoms with E-state index >= 15 is 0 Å². The largest absolute Gasteiger partial charge is 0.459 e. The molecule has 2 aromatic rings. The number of allylic oxidation sites excluding steroid dienone is 1. The zero-order valence-electron chi connectivity index (χ0n) is 17.5. The Morgan fingerprint density at radius 3 is 2.81 bits per heavy atom. The third-order valence-electron chi connectivity index (χ3n) is 6.81. The van der Waals surface area contributed by atoms with Gasteiger partial charge in [-0.3, -0.25) is 19.0 Å². The van der Waals surface area contributed by atoms with Crippen molar-refractivity contribution >= 4 is 11.8 Å². The van der Waals surface area contributed by atoms with E-state index in [-0.39, 0.29) is 29.2 Å². The standard InChI is InChI=1S/C24H27N3O4/c28-21-10-4-8-19-17-12-18(15-26(14-17)24(30)20-9-5-11-31-20)22(27(19)21)23(29)25-13-16-6-2-1-3-7-16/h4-6,8-11,17-18,22H,1-3,7,12-15H2,(H,25,29)/t17-,18+,22-/m1/s1. The van der Waals surface area contributed by atoms with E-state index in [4.69, 9.17) is 4.42 Å². The van der Waals surface area contributed by atoms with Crippen molar-refractivity contribution in [3.63, 3.8) is 0 Å². The number of amides is 2. The molecule has 4 heterocycles. The van der Waals surface area contributed by atoms with Crippen LogP contribution < -0.4 is 10.9 Å². The van der Waals surface area contributed by atoms with Crippen molar-refractivity contribution in [2.75, 3.05) is 19.6 Å². The van der Waals surface area contributed by atoms with Crippen LogP contribution in [0.2, 0.25) is 0 Å². The summed E-state index contributed by atoms with van der Waals surface area (Å²) in [5.41, 5.74) is 1.93. The summed E-state index contributed by atoms with van der Waals surface area (Å²) >= 11 is 0. The minimum absolute atomic E-state index is 0.0247. The van der Waals surface area contributed by atoms with Crippen LogP contribution in [-0.2, 0) is 4.79 Å². The lowest BCUT2D eigenvalue weighted by Gasteiger charge is -2.46. The van der Waals surface area contributed by atoms with Crippen molar-refractivity contribution in [2.45, 2.75) is 44.1 Å². The van der Waals surface area contributed by atoms with E-state index in [2.05, 4.69) is 11.4 Å². The van der Waals surface area contributed by atoms with Crippen LogP contribution in [0.4, 0.5) is 0 Å². The fraction of sp³-hybridized carbons (Fsp3) is 0.458. The van der Waals surface area contributed by atoms with Crippen molar-refractivity contribution in [1.82, 2.24) is 14.8 Å². The molecule has 0 spiro atoms. The Hall–Kier alpha value is -3.09. The predicted octanol–water partition coefficient (Wildman–Crippen LogP) is 2.86. The molecule has 3 atom stereocenters. The Morgan fingerprint density at radius 1 is 1.13 bits per heavy atom. The highest BCUT2D eigenvalue weighted by Gasteiger charge is 2.45. The zero-order valence-corrected chi connectivity index (χ0v) is 17.5. The van der Waals surface area contributed by atoms with Crippen molar-refractivity contribution in [3.8, 4) is 0 Å². The van der Waals surface area contributed by atoms with E-state index in [1.54, 1.807) is 27.7 Å². The van der Waals surface area contributed by atoms with Gasteiger partial charge in [0.2, 0.25) is 5.91 Å². The van der Waals surface area contributed by atoms with Gasteiger partial charge in [-0.1, -0.05) is 17.7 Å². The second-order valence-corrected chi connectivity index (χ2v) is 8.81. The van der Waals surface area contributed by atoms with E-state index in [0.29, 0.717) is 25.4 Å². The van der Waals surface area contributed by atoms with Crippen LogP contribution in [0, 0.1) is 5.92 Å². The number of fused-ring (bicyclic) bond motifs is 4. The third kappa shape index (κ3) is 3.73. The minimum Gasteiger partial charge on any atom is -0.459 e. The van der Waals surface area contributed by atoms with E-state index in [1.165, 1.54) is 24.3 Å². The molecule has 0 radical (unpaired) electrons. The lowest BCUT2D eigenvalue weighted by atomic mass is 9.78. The molecule has 0 unspecified atom stereocenters. The van der Waals surface area contributed by atoms with Gasteiger partial charge in [0.25, 0.3) is 11.5 Å². The smallest absolute Gasteiger partial charge is 0.289 e. The number of rotatable bonds is 4. The van der Waals surface area contributed by atoms with Gasteiger partial charge < -0.3 is 14.6 Å². The molecule has 1 N–H and O–H groups in total. The monoisotopic (exact) mass is 421 g/mol. The van der Waals surface area contributed by atoms with E-state index < -0.39 is 6.04 Å². The topological polar surface area (TPSA) is 84.6 Å². The molecule has 5 rings (SSSR count). The third-order valence-corrected chi connectivity index (χ3v) is 6.81. The average Bonchev–Trinajstić information content (AvgIpc) is 3.33. The molecule has 3 aliphatic rings. The van der Waals surface area contributed by atoms with E-state index in [0.717, 1.165) is 31.4 Å². The van der Waals surface area contributed by atoms with Gasteiger partial charge in [-0.25, -0.2) is 0 Å². The van der Waals surface area contributed by atoms with Gasteiger partial charge in [0.1, 0.15) is 6.04 Å². The van der Waals surface area contributed by atoms with E-state index in [9.17, 15) is 14.4 Å². The second kappa shape index (κ2) is 8.21. The number of piperidine rings is 1. The number of furan rings is 1. The number of carbonyl (C=O) groups is 2. The average molecular weight is 421 g/mol. The second-order valence-electron chi connectivity index (χ2n) is 8.81. The number of hydrogen-bond acceptors (Lipinski definition) is 4. The molecule has 31 heavy (non-hydrogen) atoms. The van der Waals surface area contributed by atoms with E-state index in [1.807, 2.05) is 6.07 Å². The first-order valence-electron chi connectivity index (χ1n) is 11.1. The van der Waals surface area contributed by atoms with Crippen LogP contribution in [-0.4, -0.2) is 40.9 Å². The molecule has 0 saturated carbocycles. The minimum atomic E-state index is -0.614. The highest BCUT2D eigenvalue weighted by Crippen LogP contribution is 2.41. The van der Waals surface area contributed by atoms with Crippen LogP contribution in [0.3, 0.4) is 0 Å². The molecular weight excluding hydrogens is 394 g/mol. The van der Waals surface area contributed by atoms with Crippen LogP contribution in [0.15, 0.2) is 57.5 Å². The molecule has 7 nitrogen and oxygen atoms in total. The fourth-order valence-corrected chi connectivity index (χ4v) is 5.36. The van der Waals surface area contributed by atoms with Gasteiger partial charge in [-0.15, -0.1) is 0 Å². The fourth-order valence-electron chi connectivity index (χ4n) is 5.36. The summed E-state index contributed by atoms with van der Waals surface area (Å²) in [6.45, 7) is 1.47. The number of pyridine rings is 1. The first kappa shape index (κ1) is 19.8. The van der Waals surface area contributed by atoms with Crippen molar-refractivity contribution in [2.24, 2.45) is 5.92 Å².